The number of nitrogens with two attached hydrogens (primary N) is 1. The number of rotatable bonds is 3. The maximum Gasteiger partial charge on any atom is 0.339 e. The smallest absolute Gasteiger partial charge is 0.339 e. The molecule has 1 aromatic carbocycles. The summed E-state index contributed by atoms with van der Waals surface area (Å²) in [6.45, 7) is 0. The average Bonchev–Trinajstić information content (AvgIpc) is 2.37. The van der Waals surface area contributed by atoms with Crippen LogP contribution in [0.25, 0.3) is 10.9 Å². The molecule has 6 heteroatoms. The van der Waals surface area contributed by atoms with Crippen LogP contribution in [0, 0.1) is 0 Å². The number of carboxylic acids is 1. The fourth-order valence-corrected chi connectivity index (χ4v) is 1.78. The van der Waals surface area contributed by atoms with Crippen molar-refractivity contribution in [2.24, 2.45) is 0 Å². The Bertz CT molecular complexity index is 625. The van der Waals surface area contributed by atoms with Gasteiger partial charge in [-0.05, 0) is 12.1 Å². The van der Waals surface area contributed by atoms with Crippen molar-refractivity contribution in [3.8, 4) is 11.5 Å². The van der Waals surface area contributed by atoms with E-state index < -0.39 is 5.97 Å². The number of methoxy groups -OCH3 is 2. The molecule has 0 aliphatic heterocycles. The highest BCUT2D eigenvalue weighted by molar-refractivity contribution is 6.07. The Hall–Kier alpha value is -2.50. The number of hydrogen-bond acceptors (Lipinski definition) is 5. The molecule has 0 aliphatic rings. The number of aromatic nitrogens is 1. The number of anilines is 1. The third-order valence-corrected chi connectivity index (χ3v) is 2.66. The zero-order chi connectivity index (χ0) is 13.3. The number of nitrogens with zero attached hydrogens (tertiary/aromatic N) is 1. The molecule has 0 unspecified atom stereocenters. The van der Waals surface area contributed by atoms with E-state index in [2.05, 4.69) is 4.98 Å². The number of ether oxygens (including phenoxy) is 2. The first-order chi connectivity index (χ1) is 8.60. The summed E-state index contributed by atoms with van der Waals surface area (Å²) in [5, 5.41) is 9.46. The molecule has 0 spiro atoms. The Morgan fingerprint density at radius 3 is 2.44 bits per heavy atom. The lowest BCUT2D eigenvalue weighted by Gasteiger charge is -2.12. The molecule has 0 atom stereocenters. The molecular formula is C12H12N2O4. The molecule has 0 fully saturated rings. The minimum atomic E-state index is -1.13. The highest BCUT2D eigenvalue weighted by atomic mass is 16.5. The summed E-state index contributed by atoms with van der Waals surface area (Å²) in [7, 11) is 2.98. The largest absolute Gasteiger partial charge is 0.496 e. The van der Waals surface area contributed by atoms with Crippen LogP contribution in [0.15, 0.2) is 18.3 Å². The van der Waals surface area contributed by atoms with Crippen molar-refractivity contribution in [3.05, 3.63) is 23.9 Å². The number of pyridine rings is 1. The van der Waals surface area contributed by atoms with Gasteiger partial charge in [0.1, 0.15) is 22.6 Å². The fraction of sp³-hybridized carbons (Fsp3) is 0.167. The van der Waals surface area contributed by atoms with Gasteiger partial charge in [0, 0.05) is 6.20 Å². The van der Waals surface area contributed by atoms with Crippen LogP contribution in [0.2, 0.25) is 0 Å². The van der Waals surface area contributed by atoms with E-state index in [1.165, 1.54) is 20.4 Å². The maximum absolute atomic E-state index is 11.0. The zero-order valence-corrected chi connectivity index (χ0v) is 9.93. The van der Waals surface area contributed by atoms with Crippen molar-refractivity contribution < 1.29 is 19.4 Å². The van der Waals surface area contributed by atoms with Crippen LogP contribution in [0.5, 0.6) is 11.5 Å². The van der Waals surface area contributed by atoms with E-state index in [0.717, 1.165) is 0 Å². The fourth-order valence-electron chi connectivity index (χ4n) is 1.78. The molecule has 0 radical (unpaired) electrons. The number of hydrogen-bond donors (Lipinski definition) is 2. The van der Waals surface area contributed by atoms with Gasteiger partial charge in [-0.1, -0.05) is 0 Å². The van der Waals surface area contributed by atoms with Crippen LogP contribution >= 0.6 is 0 Å². The molecule has 6 nitrogen and oxygen atoms in total. The van der Waals surface area contributed by atoms with E-state index >= 15 is 0 Å². The number of fused-ring (bicyclic) bond motifs is 1. The Labute approximate surface area is 103 Å². The van der Waals surface area contributed by atoms with E-state index in [1.54, 1.807) is 12.1 Å². The van der Waals surface area contributed by atoms with Crippen molar-refractivity contribution in [1.29, 1.82) is 0 Å². The van der Waals surface area contributed by atoms with Gasteiger partial charge in [-0.3, -0.25) is 4.98 Å². The summed E-state index contributed by atoms with van der Waals surface area (Å²) in [6, 6.07) is 3.35. The van der Waals surface area contributed by atoms with Gasteiger partial charge in [-0.2, -0.15) is 0 Å². The first-order valence-corrected chi connectivity index (χ1v) is 5.12. The minimum absolute atomic E-state index is 0.0611. The number of benzene rings is 1. The van der Waals surface area contributed by atoms with Crippen LogP contribution < -0.4 is 15.2 Å². The molecular weight excluding hydrogens is 236 g/mol. The third-order valence-electron chi connectivity index (χ3n) is 2.66. The zero-order valence-electron chi connectivity index (χ0n) is 9.93. The average molecular weight is 248 g/mol. The van der Waals surface area contributed by atoms with Gasteiger partial charge in [0.05, 0.1) is 25.3 Å². The van der Waals surface area contributed by atoms with Crippen LogP contribution in [-0.4, -0.2) is 30.3 Å². The number of aromatic carboxylic acids is 1. The molecule has 0 saturated heterocycles. The second-order valence-corrected chi connectivity index (χ2v) is 3.58. The lowest BCUT2D eigenvalue weighted by molar-refractivity contribution is 0.0698. The van der Waals surface area contributed by atoms with Gasteiger partial charge < -0.3 is 20.3 Å². The quantitative estimate of drug-likeness (QED) is 0.855. The predicted octanol–water partition coefficient (Wildman–Crippen LogP) is 1.53. The second-order valence-electron chi connectivity index (χ2n) is 3.58. The molecule has 2 rings (SSSR count). The highest BCUT2D eigenvalue weighted by Gasteiger charge is 2.17. The van der Waals surface area contributed by atoms with Crippen molar-refractivity contribution in [2.75, 3.05) is 20.0 Å². The Morgan fingerprint density at radius 1 is 1.28 bits per heavy atom. The molecule has 1 aromatic heterocycles. The van der Waals surface area contributed by atoms with Crippen LogP contribution in [0.4, 0.5) is 5.69 Å². The van der Waals surface area contributed by atoms with Gasteiger partial charge in [0.2, 0.25) is 0 Å². The SMILES string of the molecule is COc1ccc(OC)c2c(N)c(C(=O)O)cnc12. The normalized spacial score (nSPS) is 10.3. The monoisotopic (exact) mass is 248 g/mol. The molecule has 0 saturated carbocycles. The molecule has 18 heavy (non-hydrogen) atoms. The van der Waals surface area contributed by atoms with Gasteiger partial charge in [0.25, 0.3) is 0 Å². The molecule has 0 aliphatic carbocycles. The minimum Gasteiger partial charge on any atom is -0.496 e. The number of carboxylic acid groups (broad SMARTS) is 1. The van der Waals surface area contributed by atoms with E-state index in [1.807, 2.05) is 0 Å². The summed E-state index contributed by atoms with van der Waals surface area (Å²) in [5.41, 5.74) is 6.39. The van der Waals surface area contributed by atoms with E-state index in [0.29, 0.717) is 22.4 Å². The topological polar surface area (TPSA) is 94.7 Å². The Balaban J connectivity index is 2.89. The van der Waals surface area contributed by atoms with Crippen molar-refractivity contribution in [1.82, 2.24) is 4.98 Å². The van der Waals surface area contributed by atoms with Crippen molar-refractivity contribution in [3.63, 3.8) is 0 Å². The molecule has 0 amide bonds. The van der Waals surface area contributed by atoms with Gasteiger partial charge in [-0.15, -0.1) is 0 Å². The maximum atomic E-state index is 11.0. The lowest BCUT2D eigenvalue weighted by atomic mass is 10.1. The number of nitrogen functional groups attached to an aromatic ring is 1. The molecule has 2 aromatic rings. The summed E-state index contributed by atoms with van der Waals surface area (Å²) < 4.78 is 10.3. The Kier molecular flexibility index (Phi) is 2.93. The standard InChI is InChI=1S/C12H12N2O4/c1-17-7-3-4-8(18-2)11-9(7)10(13)6(5-14-11)12(15)16/h3-5H,1-2H3,(H2,13,14)(H,15,16). The van der Waals surface area contributed by atoms with Crippen LogP contribution in [0.1, 0.15) is 10.4 Å². The van der Waals surface area contributed by atoms with Crippen molar-refractivity contribution >= 4 is 22.6 Å². The molecule has 94 valence electrons. The predicted molar refractivity (Wildman–Crippen MR) is 66.2 cm³/mol. The van der Waals surface area contributed by atoms with Gasteiger partial charge >= 0.3 is 5.97 Å². The number of carbonyl (C=O) groups is 1. The highest BCUT2D eigenvalue weighted by Crippen LogP contribution is 2.36. The van der Waals surface area contributed by atoms with Crippen LogP contribution in [0.3, 0.4) is 0 Å². The van der Waals surface area contributed by atoms with E-state index in [9.17, 15) is 4.79 Å². The summed E-state index contributed by atoms with van der Waals surface area (Å²) >= 11 is 0. The van der Waals surface area contributed by atoms with Gasteiger partial charge in [-0.25, -0.2) is 4.79 Å². The summed E-state index contributed by atoms with van der Waals surface area (Å²) in [4.78, 5) is 15.1. The summed E-state index contributed by atoms with van der Waals surface area (Å²) in [5.74, 6) is -0.167. The Morgan fingerprint density at radius 2 is 1.89 bits per heavy atom. The van der Waals surface area contributed by atoms with Gasteiger partial charge in [0.15, 0.2) is 0 Å². The first-order valence-electron chi connectivity index (χ1n) is 5.12. The third kappa shape index (κ3) is 1.67. The molecule has 0 bridgehead atoms. The molecule has 3 N–H and O–H groups in total. The lowest BCUT2D eigenvalue weighted by Crippen LogP contribution is -2.05. The van der Waals surface area contributed by atoms with E-state index in [4.69, 9.17) is 20.3 Å². The van der Waals surface area contributed by atoms with Crippen LogP contribution in [-0.2, 0) is 0 Å². The van der Waals surface area contributed by atoms with E-state index in [-0.39, 0.29) is 11.3 Å². The molecule has 1 heterocycles. The first kappa shape index (κ1) is 12.0. The second kappa shape index (κ2) is 4.40. The van der Waals surface area contributed by atoms with Crippen molar-refractivity contribution in [2.45, 2.75) is 0 Å². The summed E-state index contributed by atoms with van der Waals surface area (Å²) in [6.07, 6.45) is 1.21.